The number of aryl methyl sites for hydroxylation is 1. The van der Waals surface area contributed by atoms with Gasteiger partial charge in [0.2, 0.25) is 10.0 Å². The number of halogens is 3. The van der Waals surface area contributed by atoms with Crippen LogP contribution in [0.5, 0.6) is 0 Å². The molecule has 0 atom stereocenters. The summed E-state index contributed by atoms with van der Waals surface area (Å²) < 4.78 is 65.3. The summed E-state index contributed by atoms with van der Waals surface area (Å²) >= 11 is 0. The zero-order valence-corrected chi connectivity index (χ0v) is 16.3. The van der Waals surface area contributed by atoms with E-state index in [0.29, 0.717) is 31.9 Å². The van der Waals surface area contributed by atoms with Crippen LogP contribution in [0.3, 0.4) is 0 Å². The minimum Gasteiger partial charge on any atom is -0.355 e. The van der Waals surface area contributed by atoms with Crippen LogP contribution in [0.25, 0.3) is 0 Å². The fourth-order valence-electron chi connectivity index (χ4n) is 3.15. The third kappa shape index (κ3) is 4.47. The molecule has 0 unspecified atom stereocenters. The molecule has 9 heteroatoms. The number of pyridine rings is 1. The van der Waals surface area contributed by atoms with Crippen molar-refractivity contribution in [1.29, 1.82) is 0 Å². The fraction of sp³-hybridized carbons (Fsp3) is 0.421. The van der Waals surface area contributed by atoms with Crippen molar-refractivity contribution in [1.82, 2.24) is 9.29 Å². The molecule has 3 rings (SSSR count). The smallest absolute Gasteiger partial charge is 0.355 e. The average Bonchev–Trinajstić information content (AvgIpc) is 2.94. The van der Waals surface area contributed by atoms with E-state index in [1.807, 2.05) is 24.0 Å². The lowest BCUT2D eigenvalue weighted by atomic mass is 10.2. The van der Waals surface area contributed by atoms with Crippen LogP contribution >= 0.6 is 0 Å². The summed E-state index contributed by atoms with van der Waals surface area (Å²) in [6.45, 7) is 3.50. The van der Waals surface area contributed by atoms with Crippen LogP contribution in [0.1, 0.15) is 24.5 Å². The quantitative estimate of drug-likeness (QED) is 0.769. The third-order valence-electron chi connectivity index (χ3n) is 4.82. The number of anilines is 1. The van der Waals surface area contributed by atoms with Gasteiger partial charge in [0.25, 0.3) is 0 Å². The Morgan fingerprint density at radius 3 is 2.29 bits per heavy atom. The molecule has 0 N–H and O–H groups in total. The summed E-state index contributed by atoms with van der Waals surface area (Å²) in [4.78, 5) is 5.98. The first kappa shape index (κ1) is 20.6. The van der Waals surface area contributed by atoms with Crippen LogP contribution in [0, 0.1) is 0 Å². The lowest BCUT2D eigenvalue weighted by Crippen LogP contribution is -2.35. The first-order valence-electron chi connectivity index (χ1n) is 9.09. The summed E-state index contributed by atoms with van der Waals surface area (Å²) in [5.41, 5.74) is 0.264. The van der Waals surface area contributed by atoms with Crippen molar-refractivity contribution in [3.8, 4) is 0 Å². The van der Waals surface area contributed by atoms with Gasteiger partial charge >= 0.3 is 6.18 Å². The maximum Gasteiger partial charge on any atom is 0.417 e. The molecule has 152 valence electrons. The van der Waals surface area contributed by atoms with Crippen molar-refractivity contribution in [3.63, 3.8) is 0 Å². The molecule has 0 aliphatic carbocycles. The van der Waals surface area contributed by atoms with Crippen molar-refractivity contribution in [2.45, 2.75) is 30.8 Å². The Hall–Kier alpha value is -2.13. The second-order valence-electron chi connectivity index (χ2n) is 6.65. The highest BCUT2D eigenvalue weighted by molar-refractivity contribution is 7.89. The lowest BCUT2D eigenvalue weighted by molar-refractivity contribution is -0.137. The Labute approximate surface area is 162 Å². The van der Waals surface area contributed by atoms with Gasteiger partial charge in [-0.2, -0.15) is 17.5 Å². The summed E-state index contributed by atoms with van der Waals surface area (Å²) in [7, 11) is -3.60. The van der Waals surface area contributed by atoms with Gasteiger partial charge in [-0.1, -0.05) is 19.1 Å². The molecule has 1 aromatic heterocycles. The minimum absolute atomic E-state index is 0.251. The first-order valence-corrected chi connectivity index (χ1v) is 10.5. The van der Waals surface area contributed by atoms with Crippen molar-refractivity contribution in [2.24, 2.45) is 0 Å². The number of benzene rings is 1. The van der Waals surface area contributed by atoms with E-state index in [4.69, 9.17) is 0 Å². The molecule has 28 heavy (non-hydrogen) atoms. The maximum atomic E-state index is 12.9. The first-order chi connectivity index (χ1) is 13.2. The molecular formula is C19H22F3N3O2S. The van der Waals surface area contributed by atoms with Gasteiger partial charge in [-0.25, -0.2) is 13.4 Å². The Balaban J connectivity index is 1.72. The predicted octanol–water partition coefficient (Wildman–Crippen LogP) is 3.56. The molecule has 1 aliphatic rings. The van der Waals surface area contributed by atoms with E-state index >= 15 is 0 Å². The molecule has 5 nitrogen and oxygen atoms in total. The van der Waals surface area contributed by atoms with Crippen LogP contribution in [0.15, 0.2) is 47.5 Å². The van der Waals surface area contributed by atoms with Gasteiger partial charge in [-0.15, -0.1) is 0 Å². The minimum atomic E-state index is -4.43. The van der Waals surface area contributed by atoms with Crippen LogP contribution < -0.4 is 4.90 Å². The van der Waals surface area contributed by atoms with E-state index in [1.54, 1.807) is 12.1 Å². The summed E-state index contributed by atoms with van der Waals surface area (Å²) in [5.74, 6) is 0.416. The number of nitrogens with zero attached hydrogens (tertiary/aromatic N) is 3. The monoisotopic (exact) mass is 413 g/mol. The fourth-order valence-corrected chi connectivity index (χ4v) is 4.62. The molecule has 1 saturated heterocycles. The van der Waals surface area contributed by atoms with Crippen LogP contribution in [-0.4, -0.2) is 43.9 Å². The molecule has 0 spiro atoms. The third-order valence-corrected chi connectivity index (χ3v) is 6.74. The zero-order valence-electron chi connectivity index (χ0n) is 15.5. The normalized spacial score (nSPS) is 16.8. The summed E-state index contributed by atoms with van der Waals surface area (Å²) in [6.07, 6.45) is -2.22. The number of alkyl halides is 3. The summed E-state index contributed by atoms with van der Waals surface area (Å²) in [5, 5.41) is 0. The molecule has 1 fully saturated rings. The van der Waals surface area contributed by atoms with Crippen LogP contribution in [0.2, 0.25) is 0 Å². The molecule has 0 saturated carbocycles. The molecular weight excluding hydrogens is 391 g/mol. The SMILES string of the molecule is CCc1ccc(S(=O)(=O)N2CCCN(c3ccc(C(F)(F)F)cn3)CC2)cc1. The largest absolute Gasteiger partial charge is 0.417 e. The highest BCUT2D eigenvalue weighted by Gasteiger charge is 2.31. The molecule has 1 aliphatic heterocycles. The van der Waals surface area contributed by atoms with Crippen molar-refractivity contribution < 1.29 is 21.6 Å². The Kier molecular flexibility index (Phi) is 5.95. The van der Waals surface area contributed by atoms with Gasteiger partial charge < -0.3 is 4.90 Å². The standard InChI is InChI=1S/C19H22F3N3O2S/c1-2-15-4-7-17(8-5-15)28(26,27)25-11-3-10-24(12-13-25)18-9-6-16(14-23-18)19(20,21)22/h4-9,14H,2-3,10-13H2,1H3. The average molecular weight is 413 g/mol. The molecule has 1 aromatic carbocycles. The van der Waals surface area contributed by atoms with Crippen LogP contribution in [-0.2, 0) is 22.6 Å². The number of hydrogen-bond acceptors (Lipinski definition) is 4. The number of sulfonamides is 1. The molecule has 2 heterocycles. The molecule has 2 aromatic rings. The Morgan fingerprint density at radius 2 is 1.71 bits per heavy atom. The zero-order chi connectivity index (χ0) is 20.4. The van der Waals surface area contributed by atoms with Gasteiger partial charge in [0.15, 0.2) is 0 Å². The topological polar surface area (TPSA) is 53.5 Å². The van der Waals surface area contributed by atoms with Crippen molar-refractivity contribution >= 4 is 15.8 Å². The lowest BCUT2D eigenvalue weighted by Gasteiger charge is -2.23. The second kappa shape index (κ2) is 8.08. The number of rotatable bonds is 4. The van der Waals surface area contributed by atoms with Gasteiger partial charge in [-0.3, -0.25) is 0 Å². The van der Waals surface area contributed by atoms with Crippen molar-refractivity contribution in [2.75, 3.05) is 31.1 Å². The van der Waals surface area contributed by atoms with E-state index in [9.17, 15) is 21.6 Å². The second-order valence-corrected chi connectivity index (χ2v) is 8.58. The molecule has 0 bridgehead atoms. The Bertz CT molecular complexity index is 898. The van der Waals surface area contributed by atoms with E-state index in [-0.39, 0.29) is 11.4 Å². The maximum absolute atomic E-state index is 12.9. The van der Waals surface area contributed by atoms with E-state index in [1.165, 1.54) is 10.4 Å². The van der Waals surface area contributed by atoms with E-state index in [0.717, 1.165) is 24.2 Å². The van der Waals surface area contributed by atoms with Crippen molar-refractivity contribution in [3.05, 3.63) is 53.7 Å². The van der Waals surface area contributed by atoms with E-state index in [2.05, 4.69) is 4.98 Å². The van der Waals surface area contributed by atoms with Gasteiger partial charge in [0.05, 0.1) is 10.5 Å². The predicted molar refractivity (Wildman–Crippen MR) is 101 cm³/mol. The van der Waals surface area contributed by atoms with Gasteiger partial charge in [-0.05, 0) is 42.7 Å². The summed E-state index contributed by atoms with van der Waals surface area (Å²) in [6, 6.07) is 9.18. The molecule has 0 radical (unpaired) electrons. The van der Waals surface area contributed by atoms with Gasteiger partial charge in [0, 0.05) is 32.4 Å². The van der Waals surface area contributed by atoms with E-state index < -0.39 is 21.8 Å². The Morgan fingerprint density at radius 1 is 1.00 bits per heavy atom. The molecule has 0 amide bonds. The highest BCUT2D eigenvalue weighted by Crippen LogP contribution is 2.29. The van der Waals surface area contributed by atoms with Gasteiger partial charge in [0.1, 0.15) is 5.82 Å². The number of aromatic nitrogens is 1. The highest BCUT2D eigenvalue weighted by atomic mass is 32.2. The van der Waals surface area contributed by atoms with Crippen LogP contribution in [0.4, 0.5) is 19.0 Å². The number of hydrogen-bond donors (Lipinski definition) is 0.